The van der Waals surface area contributed by atoms with Gasteiger partial charge in [-0.25, -0.2) is 0 Å². The molecule has 0 bridgehead atoms. The minimum Gasteiger partial charge on any atom is -0.341 e. The maximum atomic E-state index is 12.4. The molecule has 5 rings (SSSR count). The summed E-state index contributed by atoms with van der Waals surface area (Å²) in [4.78, 5) is 29.5. The number of fused-ring (bicyclic) bond motifs is 2. The fourth-order valence-electron chi connectivity index (χ4n) is 4.65. The van der Waals surface area contributed by atoms with Gasteiger partial charge in [0, 0.05) is 37.3 Å². The van der Waals surface area contributed by atoms with Crippen LogP contribution in [0.4, 0.5) is 0 Å². The van der Waals surface area contributed by atoms with Crippen molar-refractivity contribution >= 4 is 11.8 Å². The minimum atomic E-state index is -0.336. The molecule has 6 nitrogen and oxygen atoms in total. The summed E-state index contributed by atoms with van der Waals surface area (Å²) in [7, 11) is 0. The Bertz CT molecular complexity index is 452. The van der Waals surface area contributed by atoms with Gasteiger partial charge in [0.05, 0.1) is 0 Å². The first kappa shape index (κ1) is 11.5. The molecule has 0 aliphatic carbocycles. The number of piperazine rings is 1. The third-order valence-electron chi connectivity index (χ3n) is 5.89. The van der Waals surface area contributed by atoms with Crippen molar-refractivity contribution in [2.75, 3.05) is 13.1 Å². The third kappa shape index (κ3) is 1.52. The quantitative estimate of drug-likeness (QED) is 0.613. The van der Waals surface area contributed by atoms with Crippen LogP contribution in [0.15, 0.2) is 0 Å². The normalized spacial score (nSPS) is 55.8. The van der Waals surface area contributed by atoms with Gasteiger partial charge in [-0.2, -0.15) is 0 Å². The van der Waals surface area contributed by atoms with Crippen LogP contribution in [0.25, 0.3) is 0 Å². The Hall–Kier alpha value is -1.14. The third-order valence-corrected chi connectivity index (χ3v) is 5.89. The van der Waals surface area contributed by atoms with Gasteiger partial charge in [-0.15, -0.1) is 0 Å². The van der Waals surface area contributed by atoms with Crippen LogP contribution in [-0.2, 0) is 9.59 Å². The molecule has 2 unspecified atom stereocenters. The monoisotopic (exact) mass is 276 g/mol. The molecule has 108 valence electrons. The van der Waals surface area contributed by atoms with Crippen LogP contribution in [0.3, 0.4) is 0 Å². The zero-order valence-electron chi connectivity index (χ0n) is 11.4. The SMILES string of the molecule is O=C1N[C@H]([C@@H]2CC[C@H]3CN32)C(=O)N[C@@H]1[C@H]1CC[C@H]2CN21. The fourth-order valence-corrected chi connectivity index (χ4v) is 4.65. The Kier molecular flexibility index (Phi) is 2.15. The van der Waals surface area contributed by atoms with Crippen molar-refractivity contribution in [3.8, 4) is 0 Å². The first-order valence-corrected chi connectivity index (χ1v) is 7.84. The van der Waals surface area contributed by atoms with Gasteiger partial charge in [0.2, 0.25) is 11.8 Å². The minimum absolute atomic E-state index is 0.0254. The summed E-state index contributed by atoms with van der Waals surface area (Å²) >= 11 is 0. The summed E-state index contributed by atoms with van der Waals surface area (Å²) in [5.74, 6) is 0.0508. The lowest BCUT2D eigenvalue weighted by molar-refractivity contribution is -0.139. The molecule has 0 spiro atoms. The van der Waals surface area contributed by atoms with Gasteiger partial charge in [0.25, 0.3) is 0 Å². The molecule has 0 radical (unpaired) electrons. The second-order valence-electron chi connectivity index (χ2n) is 6.96. The highest BCUT2D eigenvalue weighted by Crippen LogP contribution is 2.39. The maximum absolute atomic E-state index is 12.4. The van der Waals surface area contributed by atoms with Crippen molar-refractivity contribution in [3.63, 3.8) is 0 Å². The van der Waals surface area contributed by atoms with E-state index in [1.54, 1.807) is 0 Å². The lowest BCUT2D eigenvalue weighted by Gasteiger charge is -2.36. The first-order chi connectivity index (χ1) is 9.72. The van der Waals surface area contributed by atoms with Crippen LogP contribution in [0.5, 0.6) is 0 Å². The number of hydrogen-bond donors (Lipinski definition) is 2. The lowest BCUT2D eigenvalue weighted by atomic mass is 9.96. The zero-order chi connectivity index (χ0) is 13.4. The Balaban J connectivity index is 1.32. The summed E-state index contributed by atoms with van der Waals surface area (Å²) in [6.07, 6.45) is 4.41. The first-order valence-electron chi connectivity index (χ1n) is 7.84. The smallest absolute Gasteiger partial charge is 0.244 e. The van der Waals surface area contributed by atoms with Crippen LogP contribution in [0, 0.1) is 0 Å². The average Bonchev–Trinajstić information content (AvgIpc) is 3.32. The number of piperidine rings is 2. The molecule has 5 heterocycles. The predicted octanol–water partition coefficient (Wildman–Crippen LogP) is -1.34. The van der Waals surface area contributed by atoms with Crippen molar-refractivity contribution in [3.05, 3.63) is 0 Å². The second-order valence-corrected chi connectivity index (χ2v) is 6.96. The van der Waals surface area contributed by atoms with E-state index in [1.165, 1.54) is 12.8 Å². The van der Waals surface area contributed by atoms with E-state index in [-0.39, 0.29) is 36.0 Å². The molecule has 0 saturated carbocycles. The maximum Gasteiger partial charge on any atom is 0.244 e. The summed E-state index contributed by atoms with van der Waals surface area (Å²) in [6.45, 7) is 2.21. The average molecular weight is 276 g/mol. The molecule has 5 aliphatic heterocycles. The highest BCUT2D eigenvalue weighted by Gasteiger charge is 2.55. The van der Waals surface area contributed by atoms with E-state index in [2.05, 4.69) is 20.4 Å². The molecule has 0 aromatic carbocycles. The number of carbonyl (C=O) groups is 2. The molecular weight excluding hydrogens is 256 g/mol. The van der Waals surface area contributed by atoms with Gasteiger partial charge in [0.1, 0.15) is 12.1 Å². The van der Waals surface area contributed by atoms with Crippen LogP contribution in [-0.4, -0.2) is 71.0 Å². The predicted molar refractivity (Wildman–Crippen MR) is 70.9 cm³/mol. The highest BCUT2D eigenvalue weighted by molar-refractivity contribution is 5.98. The van der Waals surface area contributed by atoms with E-state index in [9.17, 15) is 9.59 Å². The second kappa shape index (κ2) is 3.74. The molecule has 5 fully saturated rings. The molecule has 2 amide bonds. The summed E-state index contributed by atoms with van der Waals surface area (Å²) in [5, 5.41) is 6.02. The molecule has 5 saturated heterocycles. The van der Waals surface area contributed by atoms with Crippen LogP contribution < -0.4 is 10.6 Å². The van der Waals surface area contributed by atoms with Crippen LogP contribution in [0.2, 0.25) is 0 Å². The van der Waals surface area contributed by atoms with Crippen molar-refractivity contribution in [2.24, 2.45) is 0 Å². The van der Waals surface area contributed by atoms with Gasteiger partial charge in [-0.1, -0.05) is 0 Å². The van der Waals surface area contributed by atoms with E-state index < -0.39 is 0 Å². The molecule has 8 atom stereocenters. The van der Waals surface area contributed by atoms with E-state index in [4.69, 9.17) is 0 Å². The highest BCUT2D eigenvalue weighted by atomic mass is 16.2. The number of carbonyl (C=O) groups excluding carboxylic acids is 2. The largest absolute Gasteiger partial charge is 0.341 e. The topological polar surface area (TPSA) is 64.2 Å². The number of amides is 2. The Labute approximate surface area is 117 Å². The van der Waals surface area contributed by atoms with Gasteiger partial charge in [0.15, 0.2) is 0 Å². The molecule has 2 N–H and O–H groups in total. The lowest BCUT2D eigenvalue weighted by Crippen LogP contribution is -2.68. The number of hydrogen-bond acceptors (Lipinski definition) is 4. The standard InChI is InChI=1S/C14H20N4O2/c19-13-11(9-3-1-7-5-17(7)9)15-14(20)12(16-13)10-4-2-8-6-18(8)10/h7-12H,1-6H2,(H,15,20)(H,16,19)/t7-,8-,9-,10+,11+,12+,17?,18?/m0/s1. The van der Waals surface area contributed by atoms with E-state index >= 15 is 0 Å². The van der Waals surface area contributed by atoms with Gasteiger partial charge in [-0.05, 0) is 25.7 Å². The van der Waals surface area contributed by atoms with Crippen LogP contribution in [0.1, 0.15) is 25.7 Å². The van der Waals surface area contributed by atoms with E-state index in [0.717, 1.165) is 25.9 Å². The zero-order valence-corrected chi connectivity index (χ0v) is 11.4. The molecule has 0 aromatic heterocycles. The van der Waals surface area contributed by atoms with Crippen molar-refractivity contribution in [1.82, 2.24) is 20.4 Å². The Morgan fingerprint density at radius 3 is 1.50 bits per heavy atom. The molecular formula is C14H20N4O2. The summed E-state index contributed by atoms with van der Waals surface area (Å²) < 4.78 is 0. The van der Waals surface area contributed by atoms with Crippen molar-refractivity contribution in [2.45, 2.75) is 61.9 Å². The summed E-state index contributed by atoms with van der Waals surface area (Å²) in [5.41, 5.74) is 0. The Morgan fingerprint density at radius 2 is 1.20 bits per heavy atom. The number of rotatable bonds is 2. The van der Waals surface area contributed by atoms with Crippen LogP contribution >= 0.6 is 0 Å². The summed E-state index contributed by atoms with van der Waals surface area (Å²) in [6, 6.07) is 1.13. The van der Waals surface area contributed by atoms with Crippen molar-refractivity contribution < 1.29 is 9.59 Å². The van der Waals surface area contributed by atoms with Gasteiger partial charge < -0.3 is 10.6 Å². The molecule has 20 heavy (non-hydrogen) atoms. The molecule has 6 heteroatoms. The van der Waals surface area contributed by atoms with Gasteiger partial charge >= 0.3 is 0 Å². The Morgan fingerprint density at radius 1 is 0.750 bits per heavy atom. The van der Waals surface area contributed by atoms with E-state index in [0.29, 0.717) is 12.1 Å². The fraction of sp³-hybridized carbons (Fsp3) is 0.857. The number of nitrogens with zero attached hydrogens (tertiary/aromatic N) is 2. The molecule has 0 aromatic rings. The van der Waals surface area contributed by atoms with Gasteiger partial charge in [-0.3, -0.25) is 19.4 Å². The molecule has 5 aliphatic rings. The number of nitrogens with one attached hydrogen (secondary N) is 2. The van der Waals surface area contributed by atoms with Crippen molar-refractivity contribution in [1.29, 1.82) is 0 Å². The van der Waals surface area contributed by atoms with E-state index in [1.807, 2.05) is 0 Å².